The maximum Gasteiger partial charge on any atom is 0.215 e. The molecule has 0 unspecified atom stereocenters. The highest BCUT2D eigenvalue weighted by Crippen LogP contribution is 2.12. The Morgan fingerprint density at radius 2 is 1.67 bits per heavy atom. The summed E-state index contributed by atoms with van der Waals surface area (Å²) in [6, 6.07) is 16.6. The van der Waals surface area contributed by atoms with Gasteiger partial charge in [0.05, 0.1) is 5.75 Å². The molecule has 4 nitrogen and oxygen atoms in total. The van der Waals surface area contributed by atoms with E-state index in [1.54, 1.807) is 0 Å². The van der Waals surface area contributed by atoms with Gasteiger partial charge in [0.15, 0.2) is 0 Å². The van der Waals surface area contributed by atoms with Crippen molar-refractivity contribution in [3.63, 3.8) is 0 Å². The van der Waals surface area contributed by atoms with Gasteiger partial charge in [-0.1, -0.05) is 54.6 Å². The Hall–Kier alpha value is -1.69. The minimum atomic E-state index is -3.39. The van der Waals surface area contributed by atoms with Crippen molar-refractivity contribution >= 4 is 10.0 Å². The number of sulfonamides is 1. The minimum absolute atomic E-state index is 0.0266. The smallest absolute Gasteiger partial charge is 0.215 e. The van der Waals surface area contributed by atoms with E-state index in [9.17, 15) is 8.42 Å². The summed E-state index contributed by atoms with van der Waals surface area (Å²) in [5, 5.41) is 0. The number of hydrogen-bond acceptors (Lipinski definition) is 3. The number of benzene rings is 2. The second-order valence-electron chi connectivity index (χ2n) is 5.05. The van der Waals surface area contributed by atoms with Crippen LogP contribution in [0.1, 0.15) is 22.7 Å². The molecule has 0 saturated heterocycles. The first-order valence-electron chi connectivity index (χ1n) is 6.80. The molecule has 0 fully saturated rings. The van der Waals surface area contributed by atoms with Gasteiger partial charge >= 0.3 is 0 Å². The molecule has 0 spiro atoms. The Balaban J connectivity index is 1.97. The first-order valence-corrected chi connectivity index (χ1v) is 8.45. The van der Waals surface area contributed by atoms with Gasteiger partial charge in [-0.3, -0.25) is 0 Å². The fourth-order valence-corrected chi connectivity index (χ4v) is 3.33. The lowest BCUT2D eigenvalue weighted by molar-refractivity contribution is 0.571. The van der Waals surface area contributed by atoms with Crippen LogP contribution in [0, 0.1) is 6.92 Å². The van der Waals surface area contributed by atoms with Gasteiger partial charge in [-0.15, -0.1) is 0 Å². The zero-order valence-corrected chi connectivity index (χ0v) is 12.8. The SMILES string of the molecule is Cc1ccccc1CS(=O)(=O)NC[C@@H](N)c1ccccc1. The lowest BCUT2D eigenvalue weighted by Gasteiger charge is -2.14. The van der Waals surface area contributed by atoms with E-state index in [1.165, 1.54) is 0 Å². The maximum absolute atomic E-state index is 12.1. The van der Waals surface area contributed by atoms with E-state index >= 15 is 0 Å². The van der Waals surface area contributed by atoms with Crippen LogP contribution in [0.4, 0.5) is 0 Å². The summed E-state index contributed by atoms with van der Waals surface area (Å²) >= 11 is 0. The Bertz CT molecular complexity index is 684. The molecule has 2 rings (SSSR count). The number of hydrogen-bond donors (Lipinski definition) is 2. The van der Waals surface area contributed by atoms with Crippen molar-refractivity contribution in [3.05, 3.63) is 71.3 Å². The summed E-state index contributed by atoms with van der Waals surface area (Å²) in [7, 11) is -3.39. The first kappa shape index (κ1) is 15.7. The first-order chi connectivity index (χ1) is 9.98. The van der Waals surface area contributed by atoms with Crippen molar-refractivity contribution < 1.29 is 8.42 Å². The van der Waals surface area contributed by atoms with Crippen molar-refractivity contribution in [3.8, 4) is 0 Å². The van der Waals surface area contributed by atoms with E-state index in [0.29, 0.717) is 0 Å². The molecule has 2 aromatic rings. The highest BCUT2D eigenvalue weighted by atomic mass is 32.2. The van der Waals surface area contributed by atoms with Crippen molar-refractivity contribution in [2.75, 3.05) is 6.54 Å². The predicted molar refractivity (Wildman–Crippen MR) is 85.2 cm³/mol. The zero-order valence-electron chi connectivity index (χ0n) is 12.0. The molecular formula is C16H20N2O2S. The number of nitrogens with two attached hydrogens (primary N) is 1. The van der Waals surface area contributed by atoms with E-state index in [0.717, 1.165) is 16.7 Å². The molecule has 3 N–H and O–H groups in total. The molecule has 0 aromatic heterocycles. The summed E-state index contributed by atoms with van der Waals surface area (Å²) in [4.78, 5) is 0. The fraction of sp³-hybridized carbons (Fsp3) is 0.250. The summed E-state index contributed by atoms with van der Waals surface area (Å²) in [5.74, 6) is -0.0266. The molecule has 2 aromatic carbocycles. The van der Waals surface area contributed by atoms with Crippen LogP contribution in [0.2, 0.25) is 0 Å². The van der Waals surface area contributed by atoms with Gasteiger partial charge in [0.2, 0.25) is 10.0 Å². The van der Waals surface area contributed by atoms with Crippen LogP contribution in [0.15, 0.2) is 54.6 Å². The average Bonchev–Trinajstić information content (AvgIpc) is 2.48. The third-order valence-corrected chi connectivity index (χ3v) is 4.66. The number of rotatable bonds is 6. The largest absolute Gasteiger partial charge is 0.323 e. The molecule has 5 heteroatoms. The molecule has 0 aliphatic carbocycles. The molecular weight excluding hydrogens is 284 g/mol. The van der Waals surface area contributed by atoms with Gasteiger partial charge in [-0.2, -0.15) is 0 Å². The highest BCUT2D eigenvalue weighted by Gasteiger charge is 2.15. The highest BCUT2D eigenvalue weighted by molar-refractivity contribution is 7.88. The topological polar surface area (TPSA) is 72.2 Å². The molecule has 0 bridgehead atoms. The second kappa shape index (κ2) is 6.85. The van der Waals surface area contributed by atoms with Crippen molar-refractivity contribution in [1.29, 1.82) is 0 Å². The fourth-order valence-electron chi connectivity index (χ4n) is 2.06. The monoisotopic (exact) mass is 304 g/mol. The van der Waals surface area contributed by atoms with Gasteiger partial charge < -0.3 is 5.73 Å². The van der Waals surface area contributed by atoms with Crippen LogP contribution in [0.5, 0.6) is 0 Å². The van der Waals surface area contributed by atoms with Gasteiger partial charge in [-0.05, 0) is 23.6 Å². The molecule has 0 heterocycles. The summed E-state index contributed by atoms with van der Waals surface area (Å²) in [5.41, 5.74) is 8.68. The minimum Gasteiger partial charge on any atom is -0.323 e. The maximum atomic E-state index is 12.1. The lowest BCUT2D eigenvalue weighted by atomic mass is 10.1. The van der Waals surface area contributed by atoms with Crippen molar-refractivity contribution in [2.45, 2.75) is 18.7 Å². The molecule has 0 aliphatic heterocycles. The van der Waals surface area contributed by atoms with Crippen LogP contribution < -0.4 is 10.5 Å². The summed E-state index contributed by atoms with van der Waals surface area (Å²) in [6.45, 7) is 2.10. The van der Waals surface area contributed by atoms with Gasteiger partial charge in [0.1, 0.15) is 0 Å². The second-order valence-corrected chi connectivity index (χ2v) is 6.86. The van der Waals surface area contributed by atoms with E-state index in [4.69, 9.17) is 5.73 Å². The normalized spacial score (nSPS) is 13.0. The lowest BCUT2D eigenvalue weighted by Crippen LogP contribution is -2.32. The third kappa shape index (κ3) is 4.67. The molecule has 112 valence electrons. The van der Waals surface area contributed by atoms with E-state index < -0.39 is 10.0 Å². The Morgan fingerprint density at radius 1 is 1.05 bits per heavy atom. The van der Waals surface area contributed by atoms with Gasteiger partial charge in [0.25, 0.3) is 0 Å². The standard InChI is InChI=1S/C16H20N2O2S/c1-13-7-5-6-10-15(13)12-21(19,20)18-11-16(17)14-8-3-2-4-9-14/h2-10,16,18H,11-12,17H2,1H3/t16-/m1/s1. The van der Waals surface area contributed by atoms with Crippen molar-refractivity contribution in [1.82, 2.24) is 4.72 Å². The van der Waals surface area contributed by atoms with Crippen LogP contribution in [0.3, 0.4) is 0 Å². The molecule has 21 heavy (non-hydrogen) atoms. The van der Waals surface area contributed by atoms with Crippen LogP contribution in [0.25, 0.3) is 0 Å². The van der Waals surface area contributed by atoms with Gasteiger partial charge in [-0.25, -0.2) is 13.1 Å². The quantitative estimate of drug-likeness (QED) is 0.858. The molecule has 0 saturated carbocycles. The van der Waals surface area contributed by atoms with Crippen LogP contribution >= 0.6 is 0 Å². The molecule has 0 radical (unpaired) electrons. The van der Waals surface area contributed by atoms with Gasteiger partial charge in [0, 0.05) is 12.6 Å². The third-order valence-electron chi connectivity index (χ3n) is 3.36. The summed E-state index contributed by atoms with van der Waals surface area (Å²) < 4.78 is 26.8. The average molecular weight is 304 g/mol. The number of nitrogens with one attached hydrogen (secondary N) is 1. The van der Waals surface area contributed by atoms with Crippen LogP contribution in [-0.4, -0.2) is 15.0 Å². The van der Waals surface area contributed by atoms with E-state index in [2.05, 4.69) is 4.72 Å². The molecule has 0 amide bonds. The molecule has 1 atom stereocenters. The van der Waals surface area contributed by atoms with Crippen molar-refractivity contribution in [2.24, 2.45) is 5.73 Å². The Labute approximate surface area is 126 Å². The Kier molecular flexibility index (Phi) is 5.12. The number of aryl methyl sites for hydroxylation is 1. The summed E-state index contributed by atoms with van der Waals surface area (Å²) in [6.07, 6.45) is 0. The zero-order chi connectivity index (χ0) is 15.3. The van der Waals surface area contributed by atoms with E-state index in [-0.39, 0.29) is 18.3 Å². The Morgan fingerprint density at radius 3 is 2.33 bits per heavy atom. The van der Waals surface area contributed by atoms with Crippen LogP contribution in [-0.2, 0) is 15.8 Å². The predicted octanol–water partition coefficient (Wildman–Crippen LogP) is 2.11. The van der Waals surface area contributed by atoms with E-state index in [1.807, 2.05) is 61.5 Å². The molecule has 0 aliphatic rings.